The topological polar surface area (TPSA) is 92.3 Å². The van der Waals surface area contributed by atoms with Crippen LogP contribution in [0.2, 0.25) is 0 Å². The highest BCUT2D eigenvalue weighted by Crippen LogP contribution is 2.29. The van der Waals surface area contributed by atoms with Gasteiger partial charge in [0.05, 0.1) is 10.6 Å². The molecule has 1 N–H and O–H groups in total. The molecule has 3 heterocycles. The van der Waals surface area contributed by atoms with Gasteiger partial charge in [0.2, 0.25) is 15.9 Å². The average molecular weight is 443 g/mol. The van der Waals surface area contributed by atoms with Crippen LogP contribution in [-0.2, 0) is 27.7 Å². The maximum Gasteiger partial charge on any atom is 0.240 e. The molecule has 0 unspecified atom stereocenters. The molecule has 1 aliphatic rings. The zero-order chi connectivity index (χ0) is 21.1. The molecular formula is C21H22N4O3S2. The molecule has 1 aromatic carbocycles. The second-order valence-electron chi connectivity index (χ2n) is 7.10. The lowest BCUT2D eigenvalue weighted by molar-refractivity contribution is -0.116. The molecule has 1 amide bonds. The van der Waals surface area contributed by atoms with Gasteiger partial charge in [-0.1, -0.05) is 0 Å². The van der Waals surface area contributed by atoms with Crippen LogP contribution in [0.15, 0.2) is 53.0 Å². The molecule has 3 aromatic rings. The van der Waals surface area contributed by atoms with Crippen LogP contribution in [0.1, 0.15) is 24.6 Å². The minimum atomic E-state index is -3.63. The highest BCUT2D eigenvalue weighted by atomic mass is 32.2. The third-order valence-corrected chi connectivity index (χ3v) is 7.39. The fourth-order valence-electron chi connectivity index (χ4n) is 3.51. The zero-order valence-electron chi connectivity index (χ0n) is 16.5. The summed E-state index contributed by atoms with van der Waals surface area (Å²) in [6.07, 6.45) is 5.56. The van der Waals surface area contributed by atoms with E-state index in [0.29, 0.717) is 13.0 Å². The fraction of sp³-hybridized carbons (Fsp3) is 0.286. The number of fused-ring (bicyclic) bond motifs is 1. The predicted molar refractivity (Wildman–Crippen MR) is 117 cm³/mol. The zero-order valence-corrected chi connectivity index (χ0v) is 18.2. The van der Waals surface area contributed by atoms with Gasteiger partial charge in [-0.25, -0.2) is 18.1 Å². The molecule has 0 radical (unpaired) electrons. The van der Waals surface area contributed by atoms with E-state index in [-0.39, 0.29) is 17.3 Å². The van der Waals surface area contributed by atoms with Crippen molar-refractivity contribution in [1.29, 1.82) is 0 Å². The third kappa shape index (κ3) is 4.43. The van der Waals surface area contributed by atoms with Gasteiger partial charge >= 0.3 is 0 Å². The van der Waals surface area contributed by atoms with Crippen molar-refractivity contribution in [3.05, 3.63) is 59.4 Å². The van der Waals surface area contributed by atoms with Gasteiger partial charge in [0.25, 0.3) is 0 Å². The molecule has 1 aliphatic heterocycles. The number of pyridine rings is 1. The molecule has 0 spiro atoms. The maximum absolute atomic E-state index is 12.7. The molecule has 2 aromatic heterocycles. The number of aromatic nitrogens is 2. The van der Waals surface area contributed by atoms with Crippen LogP contribution in [0.4, 0.5) is 5.69 Å². The van der Waals surface area contributed by atoms with Gasteiger partial charge in [0.1, 0.15) is 5.01 Å². The SMILES string of the molecule is CC(=O)N1CCCc2cc(S(=O)(=O)NCCc3csc(-c4cccnc4)n3)ccc21. The number of rotatable bonds is 6. The van der Waals surface area contributed by atoms with Gasteiger partial charge in [-0.05, 0) is 48.7 Å². The number of carbonyl (C=O) groups excluding carboxylic acids is 1. The summed E-state index contributed by atoms with van der Waals surface area (Å²) >= 11 is 1.51. The molecule has 0 saturated heterocycles. The van der Waals surface area contributed by atoms with Crippen LogP contribution in [0.5, 0.6) is 0 Å². The molecule has 0 fully saturated rings. The molecule has 0 atom stereocenters. The Kier molecular flexibility index (Phi) is 5.94. The van der Waals surface area contributed by atoms with E-state index in [0.717, 1.165) is 40.4 Å². The first kappa shape index (κ1) is 20.6. The number of sulfonamides is 1. The second-order valence-corrected chi connectivity index (χ2v) is 9.72. The molecule has 4 rings (SSSR count). The van der Waals surface area contributed by atoms with E-state index in [1.54, 1.807) is 35.5 Å². The van der Waals surface area contributed by atoms with E-state index in [1.807, 2.05) is 17.5 Å². The lowest BCUT2D eigenvalue weighted by atomic mass is 10.0. The molecule has 30 heavy (non-hydrogen) atoms. The number of thiazole rings is 1. The highest BCUT2D eigenvalue weighted by molar-refractivity contribution is 7.89. The summed E-state index contributed by atoms with van der Waals surface area (Å²) in [5, 5.41) is 2.80. The van der Waals surface area contributed by atoms with Crippen molar-refractivity contribution < 1.29 is 13.2 Å². The summed E-state index contributed by atoms with van der Waals surface area (Å²) in [5.74, 6) is -0.0291. The largest absolute Gasteiger partial charge is 0.312 e. The number of anilines is 1. The minimum Gasteiger partial charge on any atom is -0.312 e. The predicted octanol–water partition coefficient (Wildman–Crippen LogP) is 3.03. The Morgan fingerprint density at radius 3 is 2.93 bits per heavy atom. The molecule has 0 bridgehead atoms. The Morgan fingerprint density at radius 1 is 1.30 bits per heavy atom. The van der Waals surface area contributed by atoms with Crippen molar-refractivity contribution in [3.8, 4) is 10.6 Å². The number of hydrogen-bond donors (Lipinski definition) is 1. The van der Waals surface area contributed by atoms with Gasteiger partial charge in [0.15, 0.2) is 0 Å². The Morgan fingerprint density at radius 2 is 2.17 bits per heavy atom. The van der Waals surface area contributed by atoms with Gasteiger partial charge < -0.3 is 4.90 Å². The first-order valence-corrected chi connectivity index (χ1v) is 12.1. The number of nitrogens with zero attached hydrogens (tertiary/aromatic N) is 3. The number of amides is 1. The van der Waals surface area contributed by atoms with Crippen LogP contribution >= 0.6 is 11.3 Å². The number of nitrogens with one attached hydrogen (secondary N) is 1. The minimum absolute atomic E-state index is 0.0291. The lowest BCUT2D eigenvalue weighted by Crippen LogP contribution is -2.33. The van der Waals surface area contributed by atoms with Gasteiger partial charge in [-0.3, -0.25) is 9.78 Å². The summed E-state index contributed by atoms with van der Waals surface area (Å²) in [7, 11) is -3.63. The van der Waals surface area contributed by atoms with Crippen molar-refractivity contribution in [1.82, 2.24) is 14.7 Å². The monoisotopic (exact) mass is 442 g/mol. The number of benzene rings is 1. The van der Waals surface area contributed by atoms with Crippen molar-refractivity contribution in [2.45, 2.75) is 31.1 Å². The molecule has 9 heteroatoms. The van der Waals surface area contributed by atoms with E-state index in [4.69, 9.17) is 0 Å². The van der Waals surface area contributed by atoms with Crippen molar-refractivity contribution in [2.75, 3.05) is 18.0 Å². The fourth-order valence-corrected chi connectivity index (χ4v) is 5.44. The average Bonchev–Trinajstić information content (AvgIpc) is 3.22. The molecule has 156 valence electrons. The Labute approximate surface area is 179 Å². The van der Waals surface area contributed by atoms with Crippen LogP contribution in [-0.4, -0.2) is 37.4 Å². The van der Waals surface area contributed by atoms with Crippen LogP contribution in [0.25, 0.3) is 10.6 Å². The highest BCUT2D eigenvalue weighted by Gasteiger charge is 2.23. The number of carbonyl (C=O) groups is 1. The van der Waals surface area contributed by atoms with Crippen molar-refractivity contribution in [3.63, 3.8) is 0 Å². The lowest BCUT2D eigenvalue weighted by Gasteiger charge is -2.28. The molecular weight excluding hydrogens is 420 g/mol. The smallest absolute Gasteiger partial charge is 0.240 e. The summed E-state index contributed by atoms with van der Waals surface area (Å²) in [6.45, 7) is 2.45. The summed E-state index contributed by atoms with van der Waals surface area (Å²) in [6, 6.07) is 8.77. The molecule has 0 aliphatic carbocycles. The number of aryl methyl sites for hydroxylation is 1. The Hall–Kier alpha value is -2.62. The summed E-state index contributed by atoms with van der Waals surface area (Å²) in [5.41, 5.74) is 3.48. The van der Waals surface area contributed by atoms with Gasteiger partial charge in [-0.2, -0.15) is 0 Å². The van der Waals surface area contributed by atoms with E-state index < -0.39 is 10.0 Å². The van der Waals surface area contributed by atoms with Gasteiger partial charge in [0, 0.05) is 55.5 Å². The third-order valence-electron chi connectivity index (χ3n) is 4.99. The van der Waals surface area contributed by atoms with Crippen LogP contribution in [0, 0.1) is 0 Å². The first-order chi connectivity index (χ1) is 14.4. The summed E-state index contributed by atoms with van der Waals surface area (Å²) in [4.78, 5) is 22.4. The molecule has 7 nitrogen and oxygen atoms in total. The maximum atomic E-state index is 12.7. The van der Waals surface area contributed by atoms with E-state index in [1.165, 1.54) is 18.3 Å². The number of hydrogen-bond acceptors (Lipinski definition) is 6. The van der Waals surface area contributed by atoms with E-state index in [2.05, 4.69) is 14.7 Å². The van der Waals surface area contributed by atoms with Crippen LogP contribution < -0.4 is 9.62 Å². The standard InChI is InChI=1S/C21H22N4O3S2/c1-15(26)25-11-3-5-16-12-19(6-7-20(16)25)30(27,28)23-10-8-18-14-29-21(24-18)17-4-2-9-22-13-17/h2,4,6-7,9,12-14,23H,3,5,8,10-11H2,1H3. The van der Waals surface area contributed by atoms with Crippen molar-refractivity contribution in [2.24, 2.45) is 0 Å². The molecule has 0 saturated carbocycles. The van der Waals surface area contributed by atoms with Crippen molar-refractivity contribution >= 4 is 33.0 Å². The first-order valence-electron chi connectivity index (χ1n) is 9.69. The van der Waals surface area contributed by atoms with Crippen LogP contribution in [0.3, 0.4) is 0 Å². The summed E-state index contributed by atoms with van der Waals surface area (Å²) < 4.78 is 28.1. The normalized spacial score (nSPS) is 13.8. The second kappa shape index (κ2) is 8.63. The Bertz CT molecular complexity index is 1160. The van der Waals surface area contributed by atoms with E-state index >= 15 is 0 Å². The quantitative estimate of drug-likeness (QED) is 0.634. The Balaban J connectivity index is 1.42. The van der Waals surface area contributed by atoms with Gasteiger partial charge in [-0.15, -0.1) is 11.3 Å². The van der Waals surface area contributed by atoms with E-state index in [9.17, 15) is 13.2 Å².